The Morgan fingerprint density at radius 3 is 2.48 bits per heavy atom. The van der Waals surface area contributed by atoms with Gasteiger partial charge in [-0.3, -0.25) is 4.79 Å². The highest BCUT2D eigenvalue weighted by Gasteiger charge is 2.18. The number of sulfonamides is 1. The topological polar surface area (TPSA) is 98.5 Å². The van der Waals surface area contributed by atoms with Crippen molar-refractivity contribution in [1.82, 2.24) is 4.72 Å². The van der Waals surface area contributed by atoms with Gasteiger partial charge < -0.3 is 10.5 Å². The molecule has 6 nitrogen and oxygen atoms in total. The zero-order valence-corrected chi connectivity index (χ0v) is 14.7. The minimum Gasteiger partial charge on any atom is -0.495 e. The number of carbonyl (C=O) groups excluding carboxylic acids is 1. The number of methoxy groups -OCH3 is 1. The molecule has 0 aliphatic carbocycles. The largest absolute Gasteiger partial charge is 0.495 e. The second-order valence-electron chi connectivity index (χ2n) is 5.22. The van der Waals surface area contributed by atoms with Crippen LogP contribution in [0, 0.1) is 18.8 Å². The predicted octanol–water partition coefficient (Wildman–Crippen LogP) is 1.43. The lowest BCUT2D eigenvalue weighted by Gasteiger charge is -2.10. The molecule has 0 radical (unpaired) electrons. The number of hydrogen-bond acceptors (Lipinski definition) is 4. The van der Waals surface area contributed by atoms with Crippen molar-refractivity contribution in [3.8, 4) is 17.6 Å². The third-order valence-corrected chi connectivity index (χ3v) is 4.78. The summed E-state index contributed by atoms with van der Waals surface area (Å²) in [5.41, 5.74) is 7.01. The smallest absolute Gasteiger partial charge is 0.248 e. The standard InChI is InChI=1S/C18H18N2O4S/c1-13-5-10-16(24-2)17(12-13)25(22,23)20-11-3-4-14-6-8-15(9-7-14)18(19)21/h5-10,12,20H,11H2,1-2H3,(H2,19,21). The molecule has 0 heterocycles. The van der Waals surface area contributed by atoms with Gasteiger partial charge in [0.15, 0.2) is 0 Å². The summed E-state index contributed by atoms with van der Waals surface area (Å²) in [6.07, 6.45) is 0. The monoisotopic (exact) mass is 358 g/mol. The van der Waals surface area contributed by atoms with Crippen molar-refractivity contribution in [1.29, 1.82) is 0 Å². The van der Waals surface area contributed by atoms with Crippen molar-refractivity contribution in [3.63, 3.8) is 0 Å². The van der Waals surface area contributed by atoms with Gasteiger partial charge in [-0.15, -0.1) is 0 Å². The van der Waals surface area contributed by atoms with Crippen LogP contribution >= 0.6 is 0 Å². The number of nitrogens with one attached hydrogen (secondary N) is 1. The molecule has 1 amide bonds. The first kappa shape index (κ1) is 18.5. The first-order valence-electron chi connectivity index (χ1n) is 7.36. The van der Waals surface area contributed by atoms with Gasteiger partial charge in [0.05, 0.1) is 13.7 Å². The van der Waals surface area contributed by atoms with Crippen LogP contribution in [0.2, 0.25) is 0 Å². The van der Waals surface area contributed by atoms with E-state index in [1.807, 2.05) is 0 Å². The maximum Gasteiger partial charge on any atom is 0.248 e. The molecule has 0 aliphatic rings. The highest BCUT2D eigenvalue weighted by molar-refractivity contribution is 7.89. The molecular weight excluding hydrogens is 340 g/mol. The Hall–Kier alpha value is -2.82. The second kappa shape index (κ2) is 7.83. The SMILES string of the molecule is COc1ccc(C)cc1S(=O)(=O)NCC#Cc1ccc(C(N)=O)cc1. The van der Waals surface area contributed by atoms with Crippen LogP contribution in [0.25, 0.3) is 0 Å². The molecule has 0 fully saturated rings. The average Bonchev–Trinajstić information content (AvgIpc) is 2.59. The van der Waals surface area contributed by atoms with Crippen LogP contribution in [0.15, 0.2) is 47.4 Å². The van der Waals surface area contributed by atoms with E-state index in [-0.39, 0.29) is 17.2 Å². The fraction of sp³-hybridized carbons (Fsp3) is 0.167. The van der Waals surface area contributed by atoms with E-state index in [4.69, 9.17) is 10.5 Å². The van der Waals surface area contributed by atoms with Crippen LogP contribution in [0.5, 0.6) is 5.75 Å². The van der Waals surface area contributed by atoms with E-state index in [2.05, 4.69) is 16.6 Å². The first-order chi connectivity index (χ1) is 11.8. The molecule has 0 saturated heterocycles. The van der Waals surface area contributed by atoms with Crippen molar-refractivity contribution < 1.29 is 17.9 Å². The normalized spacial score (nSPS) is 10.6. The number of ether oxygens (including phenoxy) is 1. The molecule has 0 saturated carbocycles. The Labute approximate surface area is 147 Å². The Morgan fingerprint density at radius 1 is 1.20 bits per heavy atom. The third-order valence-electron chi connectivity index (χ3n) is 3.36. The van der Waals surface area contributed by atoms with E-state index >= 15 is 0 Å². The number of hydrogen-bond donors (Lipinski definition) is 2. The number of aryl methyl sites for hydroxylation is 1. The highest BCUT2D eigenvalue weighted by Crippen LogP contribution is 2.24. The number of benzene rings is 2. The van der Waals surface area contributed by atoms with Crippen molar-refractivity contribution >= 4 is 15.9 Å². The van der Waals surface area contributed by atoms with Crippen LogP contribution in [-0.4, -0.2) is 28.0 Å². The summed E-state index contributed by atoms with van der Waals surface area (Å²) < 4.78 is 32.3. The zero-order valence-electron chi connectivity index (χ0n) is 13.9. The Kier molecular flexibility index (Phi) is 5.80. The summed E-state index contributed by atoms with van der Waals surface area (Å²) >= 11 is 0. The molecule has 0 unspecified atom stereocenters. The number of primary amides is 1. The maximum atomic E-state index is 12.4. The Morgan fingerprint density at radius 2 is 1.88 bits per heavy atom. The summed E-state index contributed by atoms with van der Waals surface area (Å²) in [7, 11) is -2.32. The molecule has 2 aromatic carbocycles. The van der Waals surface area contributed by atoms with Crippen LogP contribution < -0.4 is 15.2 Å². The molecule has 25 heavy (non-hydrogen) atoms. The minimum atomic E-state index is -3.74. The quantitative estimate of drug-likeness (QED) is 0.790. The van der Waals surface area contributed by atoms with Gasteiger partial charge in [0, 0.05) is 11.1 Å². The van der Waals surface area contributed by atoms with E-state index < -0.39 is 15.9 Å². The van der Waals surface area contributed by atoms with Crippen LogP contribution in [0.1, 0.15) is 21.5 Å². The van der Waals surface area contributed by atoms with Crippen molar-refractivity contribution in [2.24, 2.45) is 5.73 Å². The van der Waals surface area contributed by atoms with Gasteiger partial charge in [-0.1, -0.05) is 17.9 Å². The van der Waals surface area contributed by atoms with Crippen molar-refractivity contribution in [2.45, 2.75) is 11.8 Å². The summed E-state index contributed by atoms with van der Waals surface area (Å²) in [5, 5.41) is 0. The number of carbonyl (C=O) groups is 1. The van der Waals surface area contributed by atoms with Gasteiger partial charge >= 0.3 is 0 Å². The fourth-order valence-corrected chi connectivity index (χ4v) is 3.24. The van der Waals surface area contributed by atoms with E-state index in [1.54, 1.807) is 43.3 Å². The Bertz CT molecular complexity index is 939. The number of rotatable bonds is 5. The third kappa shape index (κ3) is 4.83. The molecule has 0 aliphatic heterocycles. The van der Waals surface area contributed by atoms with Gasteiger partial charge in [-0.25, -0.2) is 8.42 Å². The van der Waals surface area contributed by atoms with E-state index in [0.29, 0.717) is 11.1 Å². The molecular formula is C18H18N2O4S. The average molecular weight is 358 g/mol. The van der Waals surface area contributed by atoms with Crippen molar-refractivity contribution in [3.05, 3.63) is 59.2 Å². The van der Waals surface area contributed by atoms with Crippen molar-refractivity contribution in [2.75, 3.05) is 13.7 Å². The molecule has 0 bridgehead atoms. The summed E-state index contributed by atoms with van der Waals surface area (Å²) in [5.74, 6) is 5.30. The van der Waals surface area contributed by atoms with Gasteiger partial charge in [-0.2, -0.15) is 4.72 Å². The van der Waals surface area contributed by atoms with E-state index in [9.17, 15) is 13.2 Å². The van der Waals surface area contributed by atoms with Gasteiger partial charge in [0.1, 0.15) is 10.6 Å². The lowest BCUT2D eigenvalue weighted by Crippen LogP contribution is -2.24. The first-order valence-corrected chi connectivity index (χ1v) is 8.85. The van der Waals surface area contributed by atoms with Crippen LogP contribution in [-0.2, 0) is 10.0 Å². The van der Waals surface area contributed by atoms with E-state index in [0.717, 1.165) is 5.56 Å². The molecule has 0 spiro atoms. The maximum absolute atomic E-state index is 12.4. The molecule has 0 atom stereocenters. The zero-order chi connectivity index (χ0) is 18.4. The lowest BCUT2D eigenvalue weighted by atomic mass is 10.1. The predicted molar refractivity (Wildman–Crippen MR) is 94.8 cm³/mol. The molecule has 2 aromatic rings. The van der Waals surface area contributed by atoms with Crippen LogP contribution in [0.3, 0.4) is 0 Å². The van der Waals surface area contributed by atoms with Gasteiger partial charge in [-0.05, 0) is 48.9 Å². The minimum absolute atomic E-state index is 0.0585. The van der Waals surface area contributed by atoms with E-state index in [1.165, 1.54) is 13.2 Å². The molecule has 0 aromatic heterocycles. The number of nitrogens with two attached hydrogens (primary N) is 1. The summed E-state index contributed by atoms with van der Waals surface area (Å²) in [6.45, 7) is 1.74. The second-order valence-corrected chi connectivity index (χ2v) is 6.96. The lowest BCUT2D eigenvalue weighted by molar-refractivity contribution is 0.100. The molecule has 130 valence electrons. The fourth-order valence-electron chi connectivity index (χ4n) is 2.07. The number of amides is 1. The van der Waals surface area contributed by atoms with Crippen LogP contribution in [0.4, 0.5) is 0 Å². The highest BCUT2D eigenvalue weighted by atomic mass is 32.2. The molecule has 7 heteroatoms. The molecule has 3 N–H and O–H groups in total. The van der Waals surface area contributed by atoms with Gasteiger partial charge in [0.2, 0.25) is 15.9 Å². The van der Waals surface area contributed by atoms with Gasteiger partial charge in [0.25, 0.3) is 0 Å². The summed E-state index contributed by atoms with van der Waals surface area (Å²) in [4.78, 5) is 11.1. The Balaban J connectivity index is 2.09. The molecule has 2 rings (SSSR count). The summed E-state index contributed by atoms with van der Waals surface area (Å²) in [6, 6.07) is 11.3.